The normalized spacial score (nSPS) is 32.4. The summed E-state index contributed by atoms with van der Waals surface area (Å²) in [5.41, 5.74) is 0.490. The molecule has 3 aliphatic rings. The molecular formula is C17H32N2. The van der Waals surface area contributed by atoms with E-state index in [0.717, 1.165) is 12.0 Å². The SMILES string of the molecule is CCC1CNC2(CCCCC2)CN1CCC1CCC1. The third-order valence-corrected chi connectivity index (χ3v) is 6.07. The van der Waals surface area contributed by atoms with Crippen LogP contribution in [0.4, 0.5) is 0 Å². The molecule has 1 aliphatic heterocycles. The lowest BCUT2D eigenvalue weighted by molar-refractivity contribution is 0.0467. The number of nitrogens with one attached hydrogen (secondary N) is 1. The highest BCUT2D eigenvalue weighted by molar-refractivity contribution is 4.99. The van der Waals surface area contributed by atoms with Crippen molar-refractivity contribution in [1.29, 1.82) is 0 Å². The van der Waals surface area contributed by atoms with E-state index < -0.39 is 0 Å². The molecule has 110 valence electrons. The summed E-state index contributed by atoms with van der Waals surface area (Å²) in [6.45, 7) is 6.30. The summed E-state index contributed by atoms with van der Waals surface area (Å²) >= 11 is 0. The summed E-state index contributed by atoms with van der Waals surface area (Å²) < 4.78 is 0. The van der Waals surface area contributed by atoms with E-state index in [-0.39, 0.29) is 0 Å². The van der Waals surface area contributed by atoms with Crippen LogP contribution < -0.4 is 5.32 Å². The van der Waals surface area contributed by atoms with Crippen molar-refractivity contribution in [2.45, 2.75) is 82.7 Å². The Kier molecular flexibility index (Phi) is 4.48. The summed E-state index contributed by atoms with van der Waals surface area (Å²) in [5.74, 6) is 1.06. The number of hydrogen-bond acceptors (Lipinski definition) is 2. The lowest BCUT2D eigenvalue weighted by atomic mass is 9.78. The quantitative estimate of drug-likeness (QED) is 0.835. The third kappa shape index (κ3) is 3.16. The van der Waals surface area contributed by atoms with Gasteiger partial charge in [-0.25, -0.2) is 0 Å². The van der Waals surface area contributed by atoms with E-state index >= 15 is 0 Å². The lowest BCUT2D eigenvalue weighted by Gasteiger charge is -2.50. The first-order chi connectivity index (χ1) is 9.31. The second-order valence-corrected chi connectivity index (χ2v) is 7.34. The van der Waals surface area contributed by atoms with Crippen LogP contribution in [0.2, 0.25) is 0 Å². The minimum atomic E-state index is 0.490. The van der Waals surface area contributed by atoms with Crippen LogP contribution in [0.3, 0.4) is 0 Å². The van der Waals surface area contributed by atoms with Crippen molar-refractivity contribution in [2.75, 3.05) is 19.6 Å². The molecule has 2 nitrogen and oxygen atoms in total. The fraction of sp³-hybridized carbons (Fsp3) is 1.00. The Morgan fingerprint density at radius 1 is 1.11 bits per heavy atom. The van der Waals surface area contributed by atoms with Gasteiger partial charge in [0.05, 0.1) is 0 Å². The van der Waals surface area contributed by atoms with E-state index in [2.05, 4.69) is 17.1 Å². The molecule has 2 aliphatic carbocycles. The molecule has 1 spiro atoms. The number of hydrogen-bond donors (Lipinski definition) is 1. The maximum Gasteiger partial charge on any atom is 0.0309 e. The molecule has 1 saturated heterocycles. The van der Waals surface area contributed by atoms with Crippen LogP contribution >= 0.6 is 0 Å². The lowest BCUT2D eigenvalue weighted by Crippen LogP contribution is -2.64. The van der Waals surface area contributed by atoms with Gasteiger partial charge in [0.25, 0.3) is 0 Å². The van der Waals surface area contributed by atoms with Crippen LogP contribution in [-0.4, -0.2) is 36.1 Å². The molecule has 19 heavy (non-hydrogen) atoms. The zero-order valence-electron chi connectivity index (χ0n) is 12.8. The summed E-state index contributed by atoms with van der Waals surface area (Å²) in [7, 11) is 0. The van der Waals surface area contributed by atoms with Gasteiger partial charge in [0.1, 0.15) is 0 Å². The first-order valence-electron chi connectivity index (χ1n) is 8.80. The Morgan fingerprint density at radius 3 is 2.53 bits per heavy atom. The van der Waals surface area contributed by atoms with Crippen molar-refractivity contribution in [3.05, 3.63) is 0 Å². The summed E-state index contributed by atoms with van der Waals surface area (Å²) in [6, 6.07) is 0.799. The molecule has 0 bridgehead atoms. The molecule has 0 aromatic carbocycles. The van der Waals surface area contributed by atoms with Crippen molar-refractivity contribution in [3.8, 4) is 0 Å². The van der Waals surface area contributed by atoms with E-state index in [1.54, 1.807) is 0 Å². The molecule has 2 heteroatoms. The van der Waals surface area contributed by atoms with Gasteiger partial charge < -0.3 is 5.32 Å². The average molecular weight is 264 g/mol. The Morgan fingerprint density at radius 2 is 1.89 bits per heavy atom. The molecule has 1 unspecified atom stereocenters. The highest BCUT2D eigenvalue weighted by Crippen LogP contribution is 2.34. The fourth-order valence-corrected chi connectivity index (χ4v) is 4.39. The Bertz CT molecular complexity index is 279. The first kappa shape index (κ1) is 13.9. The van der Waals surface area contributed by atoms with Crippen LogP contribution in [0.25, 0.3) is 0 Å². The smallest absolute Gasteiger partial charge is 0.0309 e. The molecular weight excluding hydrogens is 232 g/mol. The van der Waals surface area contributed by atoms with Gasteiger partial charge in [-0.2, -0.15) is 0 Å². The van der Waals surface area contributed by atoms with Gasteiger partial charge >= 0.3 is 0 Å². The number of nitrogens with zero attached hydrogens (tertiary/aromatic N) is 1. The van der Waals surface area contributed by atoms with Gasteiger partial charge in [-0.3, -0.25) is 4.90 Å². The van der Waals surface area contributed by atoms with Crippen molar-refractivity contribution in [1.82, 2.24) is 10.2 Å². The Labute approximate surface area is 119 Å². The zero-order chi connectivity index (χ0) is 13.1. The summed E-state index contributed by atoms with van der Waals surface area (Å²) in [6.07, 6.45) is 14.5. The van der Waals surface area contributed by atoms with E-state index in [1.807, 2.05) is 0 Å². The van der Waals surface area contributed by atoms with Crippen molar-refractivity contribution >= 4 is 0 Å². The van der Waals surface area contributed by atoms with Crippen LogP contribution in [0.5, 0.6) is 0 Å². The highest BCUT2D eigenvalue weighted by atomic mass is 15.3. The van der Waals surface area contributed by atoms with Crippen LogP contribution in [0.1, 0.15) is 71.1 Å². The van der Waals surface area contributed by atoms with E-state index in [9.17, 15) is 0 Å². The third-order valence-electron chi connectivity index (χ3n) is 6.07. The molecule has 3 fully saturated rings. The molecule has 0 amide bonds. The topological polar surface area (TPSA) is 15.3 Å². The van der Waals surface area contributed by atoms with Crippen molar-refractivity contribution in [3.63, 3.8) is 0 Å². The highest BCUT2D eigenvalue weighted by Gasteiger charge is 2.39. The van der Waals surface area contributed by atoms with Gasteiger partial charge in [-0.1, -0.05) is 45.4 Å². The van der Waals surface area contributed by atoms with Crippen LogP contribution in [0, 0.1) is 5.92 Å². The molecule has 1 heterocycles. The minimum Gasteiger partial charge on any atom is -0.308 e. The number of rotatable bonds is 4. The molecule has 1 atom stereocenters. The monoisotopic (exact) mass is 264 g/mol. The Hall–Kier alpha value is -0.0800. The van der Waals surface area contributed by atoms with Gasteiger partial charge in [0.15, 0.2) is 0 Å². The second-order valence-electron chi connectivity index (χ2n) is 7.34. The van der Waals surface area contributed by atoms with Gasteiger partial charge in [-0.05, 0) is 38.1 Å². The minimum absolute atomic E-state index is 0.490. The number of piperazine rings is 1. The molecule has 2 saturated carbocycles. The predicted octanol–water partition coefficient (Wildman–Crippen LogP) is 3.56. The maximum absolute atomic E-state index is 3.94. The van der Waals surface area contributed by atoms with Crippen molar-refractivity contribution in [2.24, 2.45) is 5.92 Å². The molecule has 0 radical (unpaired) electrons. The van der Waals surface area contributed by atoms with Crippen LogP contribution in [0.15, 0.2) is 0 Å². The largest absolute Gasteiger partial charge is 0.308 e. The summed E-state index contributed by atoms with van der Waals surface area (Å²) in [5, 5.41) is 3.94. The van der Waals surface area contributed by atoms with E-state index in [0.29, 0.717) is 5.54 Å². The Balaban J connectivity index is 1.56. The first-order valence-corrected chi connectivity index (χ1v) is 8.80. The standard InChI is InChI=1S/C17H32N2/c1-2-16-13-18-17(10-4-3-5-11-17)14-19(16)12-9-15-7-6-8-15/h15-16,18H,2-14H2,1H3. The van der Waals surface area contributed by atoms with Gasteiger partial charge in [0.2, 0.25) is 0 Å². The van der Waals surface area contributed by atoms with Gasteiger partial charge in [-0.15, -0.1) is 0 Å². The second kappa shape index (κ2) is 6.13. The van der Waals surface area contributed by atoms with E-state index in [1.165, 1.54) is 83.8 Å². The van der Waals surface area contributed by atoms with Gasteiger partial charge in [0, 0.05) is 24.7 Å². The molecule has 1 N–H and O–H groups in total. The van der Waals surface area contributed by atoms with Crippen molar-refractivity contribution < 1.29 is 0 Å². The maximum atomic E-state index is 3.94. The average Bonchev–Trinajstić information content (AvgIpc) is 2.38. The van der Waals surface area contributed by atoms with E-state index in [4.69, 9.17) is 0 Å². The van der Waals surface area contributed by atoms with Crippen LogP contribution in [-0.2, 0) is 0 Å². The molecule has 3 rings (SSSR count). The predicted molar refractivity (Wildman–Crippen MR) is 81.4 cm³/mol. The zero-order valence-corrected chi connectivity index (χ0v) is 12.8. The molecule has 0 aromatic rings. The summed E-state index contributed by atoms with van der Waals surface area (Å²) in [4.78, 5) is 2.85. The molecule has 0 aromatic heterocycles. The fourth-order valence-electron chi connectivity index (χ4n) is 4.39.